The molecule has 32 heavy (non-hydrogen) atoms. The molecule has 1 heterocycles. The maximum Gasteiger partial charge on any atom is 0.323 e. The predicted octanol–water partition coefficient (Wildman–Crippen LogP) is 6.37. The number of fused-ring (bicyclic) bond motifs is 1. The maximum atomic E-state index is 13.0. The number of benzene rings is 3. The van der Waals surface area contributed by atoms with Crippen molar-refractivity contribution in [2.24, 2.45) is 0 Å². The number of hydrogen-bond donors (Lipinski definition) is 2. The summed E-state index contributed by atoms with van der Waals surface area (Å²) in [6.07, 6.45) is 1.62. The van der Waals surface area contributed by atoms with Crippen LogP contribution in [0.1, 0.15) is 0 Å². The number of halogens is 1. The number of ether oxygens (including phenoxy) is 2. The zero-order valence-corrected chi connectivity index (χ0v) is 16.9. The summed E-state index contributed by atoms with van der Waals surface area (Å²) in [5, 5.41) is 6.00. The highest BCUT2D eigenvalue weighted by Gasteiger charge is 2.11. The number of aromatic nitrogens is 1. The Labute approximate surface area is 183 Å². The zero-order chi connectivity index (χ0) is 22.5. The van der Waals surface area contributed by atoms with Crippen LogP contribution in [-0.2, 0) is 0 Å². The van der Waals surface area contributed by atoms with Gasteiger partial charge in [-0.3, -0.25) is 4.98 Å². The fraction of sp³-hybridized carbons (Fsp3) is 0.0417. The maximum absolute atomic E-state index is 13.0. The van der Waals surface area contributed by atoms with Gasteiger partial charge >= 0.3 is 6.03 Å². The number of urea groups is 1. The van der Waals surface area contributed by atoms with Gasteiger partial charge in [-0.05, 0) is 66.7 Å². The third-order valence-corrected chi connectivity index (χ3v) is 4.56. The molecule has 4 aromatic rings. The Balaban J connectivity index is 1.48. The van der Waals surface area contributed by atoms with Crippen LogP contribution < -0.4 is 20.1 Å². The number of carbonyl (C=O) groups excluding carboxylic acids is 1. The van der Waals surface area contributed by atoms with Crippen molar-refractivity contribution in [3.63, 3.8) is 0 Å². The monoisotopic (exact) mass is 428 g/mol. The van der Waals surface area contributed by atoms with E-state index < -0.39 is 6.03 Å². The molecular weight excluding hydrogens is 411 g/mol. The number of anilines is 2. The molecule has 3 aromatic carbocycles. The highest BCUT2D eigenvalue weighted by atomic mass is 19.1. The number of hydrogen-bond acceptors (Lipinski definition) is 4. The van der Waals surface area contributed by atoms with Gasteiger partial charge in [0.25, 0.3) is 0 Å². The summed E-state index contributed by atoms with van der Waals surface area (Å²) in [7, 11) is 1.51. The molecule has 0 atom stereocenters. The average Bonchev–Trinajstić information content (AvgIpc) is 2.81. The van der Waals surface area contributed by atoms with Crippen LogP contribution in [0.2, 0.25) is 0 Å². The van der Waals surface area contributed by atoms with Gasteiger partial charge in [0.1, 0.15) is 23.1 Å². The molecule has 0 unspecified atom stereocenters. The Bertz CT molecular complexity index is 1320. The quantitative estimate of drug-likeness (QED) is 0.362. The lowest BCUT2D eigenvalue weighted by Gasteiger charge is -2.12. The molecule has 0 aliphatic heterocycles. The summed E-state index contributed by atoms with van der Waals surface area (Å²) in [6.45, 7) is 7.34. The minimum atomic E-state index is -0.453. The molecule has 2 N–H and O–H groups in total. The number of nitrogens with one attached hydrogen (secondary N) is 2. The molecule has 0 bridgehead atoms. The number of amides is 2. The van der Waals surface area contributed by atoms with Gasteiger partial charge in [-0.2, -0.15) is 0 Å². The number of carbonyl (C=O) groups is 1. The summed E-state index contributed by atoms with van der Waals surface area (Å²) in [5.41, 5.74) is 2.03. The molecule has 0 saturated heterocycles. The first-order valence-corrected chi connectivity index (χ1v) is 9.51. The molecule has 8 heteroatoms. The van der Waals surface area contributed by atoms with Gasteiger partial charge in [0.05, 0.1) is 19.2 Å². The van der Waals surface area contributed by atoms with E-state index in [1.807, 2.05) is 0 Å². The molecule has 0 saturated carbocycles. The number of pyridine rings is 1. The molecule has 1 aromatic heterocycles. The lowest BCUT2D eigenvalue weighted by molar-refractivity contribution is 0.262. The van der Waals surface area contributed by atoms with Crippen molar-refractivity contribution in [1.29, 1.82) is 0 Å². The van der Waals surface area contributed by atoms with E-state index in [1.165, 1.54) is 31.4 Å². The molecule has 0 spiro atoms. The molecule has 0 aliphatic rings. The van der Waals surface area contributed by atoms with Crippen LogP contribution in [0.15, 0.2) is 72.9 Å². The van der Waals surface area contributed by atoms with Crippen molar-refractivity contribution in [3.8, 4) is 17.2 Å². The van der Waals surface area contributed by atoms with Gasteiger partial charge in [0.15, 0.2) is 0 Å². The van der Waals surface area contributed by atoms with Crippen LogP contribution in [0, 0.1) is 12.4 Å². The van der Waals surface area contributed by atoms with Crippen molar-refractivity contribution in [2.45, 2.75) is 0 Å². The molecule has 158 valence electrons. The van der Waals surface area contributed by atoms with E-state index >= 15 is 0 Å². The van der Waals surface area contributed by atoms with Crippen molar-refractivity contribution < 1.29 is 18.7 Å². The minimum absolute atomic E-state index is 0.365. The Morgan fingerprint density at radius 3 is 2.25 bits per heavy atom. The van der Waals surface area contributed by atoms with E-state index in [0.717, 1.165) is 0 Å². The second kappa shape index (κ2) is 9.02. The third-order valence-electron chi connectivity index (χ3n) is 4.56. The fourth-order valence-electron chi connectivity index (χ4n) is 3.04. The second-order valence-corrected chi connectivity index (χ2v) is 6.67. The Morgan fingerprint density at radius 1 is 0.969 bits per heavy atom. The van der Waals surface area contributed by atoms with E-state index in [2.05, 4.69) is 20.5 Å². The Kier molecular flexibility index (Phi) is 5.81. The van der Waals surface area contributed by atoms with E-state index in [1.54, 1.807) is 48.7 Å². The highest BCUT2D eigenvalue weighted by molar-refractivity contribution is 5.99. The minimum Gasteiger partial charge on any atom is -0.508 e. The van der Waals surface area contributed by atoms with Gasteiger partial charge in [-0.15, -0.1) is 0 Å². The molecule has 0 aliphatic carbocycles. The largest absolute Gasteiger partial charge is 0.508 e. The van der Waals surface area contributed by atoms with Crippen LogP contribution in [-0.4, -0.2) is 18.1 Å². The predicted molar refractivity (Wildman–Crippen MR) is 120 cm³/mol. The first-order valence-electron chi connectivity index (χ1n) is 9.51. The van der Waals surface area contributed by atoms with Crippen LogP contribution >= 0.6 is 0 Å². The number of rotatable bonds is 5. The summed E-state index contributed by atoms with van der Waals surface area (Å²) >= 11 is 0. The number of nitrogens with zero attached hydrogens (tertiary/aromatic N) is 2. The molecule has 7 nitrogen and oxygen atoms in total. The van der Waals surface area contributed by atoms with Gasteiger partial charge in [0.2, 0.25) is 5.69 Å². The van der Waals surface area contributed by atoms with Gasteiger partial charge in [-0.1, -0.05) is 0 Å². The van der Waals surface area contributed by atoms with Crippen LogP contribution in [0.25, 0.3) is 15.7 Å². The lowest BCUT2D eigenvalue weighted by atomic mass is 10.1. The number of methoxy groups -OCH3 is 1. The second-order valence-electron chi connectivity index (χ2n) is 6.67. The van der Waals surface area contributed by atoms with Crippen molar-refractivity contribution in [3.05, 3.63) is 90.2 Å². The first-order chi connectivity index (χ1) is 15.6. The summed E-state index contributed by atoms with van der Waals surface area (Å²) in [4.78, 5) is 19.9. The summed E-state index contributed by atoms with van der Waals surface area (Å²) in [5.74, 6) is 1.16. The Hall–Kier alpha value is -4.64. The zero-order valence-electron chi connectivity index (χ0n) is 16.9. The summed E-state index contributed by atoms with van der Waals surface area (Å²) < 4.78 is 24.2. The molecular formula is C24H17FN4O3. The SMILES string of the molecule is [C-]#[N+]c1cc2c(Oc3ccc(NC(=O)Nc4ccc(F)cc4)cc3)ccnc2cc1OC. The smallest absolute Gasteiger partial charge is 0.323 e. The fourth-order valence-corrected chi connectivity index (χ4v) is 3.04. The van der Waals surface area contributed by atoms with Gasteiger partial charge in [-0.25, -0.2) is 14.0 Å². The lowest BCUT2D eigenvalue weighted by Crippen LogP contribution is -2.19. The van der Waals surface area contributed by atoms with Gasteiger partial charge < -0.3 is 20.1 Å². The standard InChI is InChI=1S/C24H17FN4O3/c1-26-21-13-19-20(14-23(21)31-2)27-12-11-22(19)32-18-9-7-17(8-10-18)29-24(30)28-16-5-3-15(25)4-6-16/h3-14H,2H3,(H2,28,29,30). The van der Waals surface area contributed by atoms with Crippen molar-refractivity contribution in [1.82, 2.24) is 4.98 Å². The molecule has 2 amide bonds. The van der Waals surface area contributed by atoms with Crippen LogP contribution in [0.4, 0.5) is 26.2 Å². The molecule has 0 radical (unpaired) electrons. The van der Waals surface area contributed by atoms with Gasteiger partial charge in [0, 0.05) is 23.0 Å². The van der Waals surface area contributed by atoms with Crippen LogP contribution in [0.3, 0.4) is 0 Å². The normalized spacial score (nSPS) is 10.3. The average molecular weight is 428 g/mol. The molecule has 0 fully saturated rings. The first kappa shape index (κ1) is 20.6. The molecule has 4 rings (SSSR count). The van der Waals surface area contributed by atoms with E-state index in [-0.39, 0.29) is 5.82 Å². The van der Waals surface area contributed by atoms with E-state index in [0.29, 0.717) is 45.2 Å². The Morgan fingerprint density at radius 2 is 1.62 bits per heavy atom. The topological polar surface area (TPSA) is 76.8 Å². The van der Waals surface area contributed by atoms with Crippen molar-refractivity contribution >= 4 is 34.0 Å². The van der Waals surface area contributed by atoms with Crippen molar-refractivity contribution in [2.75, 3.05) is 17.7 Å². The third kappa shape index (κ3) is 4.57. The van der Waals surface area contributed by atoms with E-state index in [4.69, 9.17) is 16.0 Å². The summed E-state index contributed by atoms with van der Waals surface area (Å²) in [6, 6.07) is 16.9. The van der Waals surface area contributed by atoms with E-state index in [9.17, 15) is 9.18 Å². The highest BCUT2D eigenvalue weighted by Crippen LogP contribution is 2.37. The van der Waals surface area contributed by atoms with Crippen LogP contribution in [0.5, 0.6) is 17.2 Å².